The minimum atomic E-state index is -0.720. The molecule has 1 aliphatic rings. The van der Waals surface area contributed by atoms with Gasteiger partial charge in [-0.3, -0.25) is 19.4 Å². The van der Waals surface area contributed by atoms with Crippen molar-refractivity contribution in [2.75, 3.05) is 7.11 Å². The number of carbonyl (C=O) groups excluding carboxylic acids is 2. The van der Waals surface area contributed by atoms with Gasteiger partial charge in [-0.15, -0.1) is 0 Å². The molecule has 392 valence electrons. The van der Waals surface area contributed by atoms with Crippen molar-refractivity contribution in [3.63, 3.8) is 0 Å². The first-order valence-electron chi connectivity index (χ1n) is 24.1. The Balaban J connectivity index is 0.000000601. The monoisotopic (exact) mass is 998 g/mol. The lowest BCUT2D eigenvalue weighted by atomic mass is 9.82. The summed E-state index contributed by atoms with van der Waals surface area (Å²) >= 11 is 5.67. The van der Waals surface area contributed by atoms with Crippen LogP contribution in [0.4, 0.5) is 0 Å². The Labute approximate surface area is 431 Å². The first-order chi connectivity index (χ1) is 32.8. The highest BCUT2D eigenvalue weighted by atomic mass is 32.1. The van der Waals surface area contributed by atoms with Crippen LogP contribution in [-0.4, -0.2) is 70.6 Å². The van der Waals surface area contributed by atoms with E-state index < -0.39 is 18.1 Å². The van der Waals surface area contributed by atoms with Gasteiger partial charge in [-0.2, -0.15) is 0 Å². The topological polar surface area (TPSA) is 213 Å². The predicted molar refractivity (Wildman–Crippen MR) is 296 cm³/mol. The number of amides is 2. The number of aromatic hydroxyl groups is 1. The maximum absolute atomic E-state index is 13.1. The number of nitrogens with two attached hydrogens (primary N) is 2. The second-order valence-corrected chi connectivity index (χ2v) is 21.3. The van der Waals surface area contributed by atoms with Gasteiger partial charge in [0, 0.05) is 31.4 Å². The number of methoxy groups -OCH3 is 1. The third-order valence-electron chi connectivity index (χ3n) is 12.0. The molecule has 13 nitrogen and oxygen atoms in total. The molecule has 0 radical (unpaired) electrons. The molecule has 4 aromatic carbocycles. The molecule has 71 heavy (non-hydrogen) atoms. The van der Waals surface area contributed by atoms with Crippen molar-refractivity contribution in [2.45, 2.75) is 153 Å². The fourth-order valence-corrected chi connectivity index (χ4v) is 7.07. The van der Waals surface area contributed by atoms with Crippen LogP contribution in [-0.2, 0) is 34.0 Å². The number of carboxylic acids is 1. The van der Waals surface area contributed by atoms with E-state index >= 15 is 0 Å². The highest BCUT2D eigenvalue weighted by Crippen LogP contribution is 2.28. The number of benzene rings is 4. The van der Waals surface area contributed by atoms with Gasteiger partial charge in [0.2, 0.25) is 11.8 Å². The average molecular weight is 998 g/mol. The molecule has 0 aliphatic heterocycles. The van der Waals surface area contributed by atoms with Crippen molar-refractivity contribution in [3.05, 3.63) is 131 Å². The Morgan fingerprint density at radius 2 is 1.25 bits per heavy atom. The van der Waals surface area contributed by atoms with Crippen molar-refractivity contribution >= 4 is 41.3 Å². The molecule has 0 heterocycles. The van der Waals surface area contributed by atoms with Gasteiger partial charge in [-0.25, -0.2) is 0 Å². The molecule has 4 aromatic rings. The van der Waals surface area contributed by atoms with Gasteiger partial charge >= 0.3 is 5.97 Å². The normalized spacial score (nSPS) is 15.7. The quantitative estimate of drug-likeness (QED) is 0.0466. The molecular weight excluding hydrogens is 911 g/mol. The van der Waals surface area contributed by atoms with Gasteiger partial charge in [0.05, 0.1) is 31.2 Å². The Morgan fingerprint density at radius 3 is 1.66 bits per heavy atom. The number of carbonyl (C=O) groups is 3. The number of thiocarbonyl (C=S) groups is 1. The molecule has 0 aromatic heterocycles. The molecule has 5 atom stereocenters. The first-order valence-corrected chi connectivity index (χ1v) is 24.5. The van der Waals surface area contributed by atoms with Gasteiger partial charge in [-0.1, -0.05) is 181 Å². The van der Waals surface area contributed by atoms with Crippen molar-refractivity contribution in [1.82, 2.24) is 21.3 Å². The number of aryl methyl sites for hydroxylation is 1. The molecule has 0 spiro atoms. The second kappa shape index (κ2) is 30.8. The minimum Gasteiger partial charge on any atom is -0.507 e. The number of hydrogen-bond donors (Lipinski definition) is 8. The number of nitrogens with zero attached hydrogens (tertiary/aromatic N) is 1. The van der Waals surface area contributed by atoms with E-state index in [-0.39, 0.29) is 59.2 Å². The summed E-state index contributed by atoms with van der Waals surface area (Å²) in [6.45, 7) is 22.9. The van der Waals surface area contributed by atoms with Gasteiger partial charge < -0.3 is 47.7 Å². The number of rotatable bonds is 13. The van der Waals surface area contributed by atoms with Crippen LogP contribution in [0.5, 0.6) is 11.5 Å². The average Bonchev–Trinajstić information content (AvgIpc) is 3.32. The summed E-state index contributed by atoms with van der Waals surface area (Å²) in [5.74, 6) is -0.297. The van der Waals surface area contributed by atoms with Crippen molar-refractivity contribution < 1.29 is 29.3 Å². The largest absolute Gasteiger partial charge is 0.507 e. The third-order valence-corrected chi connectivity index (χ3v) is 12.2. The molecule has 10 N–H and O–H groups in total. The smallest absolute Gasteiger partial charge is 0.306 e. The molecule has 0 saturated heterocycles. The summed E-state index contributed by atoms with van der Waals surface area (Å²) < 4.78 is 5.34. The second-order valence-electron chi connectivity index (χ2n) is 20.9. The number of phenolic OH excluding ortho intramolecular Hbond substituents is 1. The van der Waals surface area contributed by atoms with Crippen LogP contribution in [0.2, 0.25) is 0 Å². The summed E-state index contributed by atoms with van der Waals surface area (Å²) in [4.78, 5) is 40.0. The summed E-state index contributed by atoms with van der Waals surface area (Å²) in [6, 6.07) is 32.3. The number of hydrogen-bond acceptors (Lipinski definition) is 9. The Hall–Kier alpha value is -5.83. The molecule has 1 fully saturated rings. The van der Waals surface area contributed by atoms with E-state index in [1.807, 2.05) is 160 Å². The molecule has 5 rings (SSSR count). The van der Waals surface area contributed by atoms with E-state index in [1.165, 1.54) is 5.56 Å². The third kappa shape index (κ3) is 23.8. The van der Waals surface area contributed by atoms with E-state index in [2.05, 4.69) is 21.3 Å². The molecular formula is C57H87N7O6S. The van der Waals surface area contributed by atoms with Gasteiger partial charge in [0.1, 0.15) is 17.5 Å². The van der Waals surface area contributed by atoms with Gasteiger partial charge in [0.25, 0.3) is 0 Å². The van der Waals surface area contributed by atoms with Crippen LogP contribution >= 0.6 is 12.2 Å². The van der Waals surface area contributed by atoms with E-state index in [0.29, 0.717) is 36.1 Å². The lowest BCUT2D eigenvalue weighted by molar-refractivity contribution is -0.144. The Kier molecular flexibility index (Phi) is 27.4. The summed E-state index contributed by atoms with van der Waals surface area (Å²) in [5, 5.41) is 32.0. The van der Waals surface area contributed by atoms with Crippen LogP contribution in [0.15, 0.2) is 108 Å². The van der Waals surface area contributed by atoms with Crippen LogP contribution in [0, 0.1) is 29.1 Å². The lowest BCUT2D eigenvalue weighted by Crippen LogP contribution is -2.58. The summed E-state index contributed by atoms with van der Waals surface area (Å²) in [5.41, 5.74) is 15.2. The molecule has 2 unspecified atom stereocenters. The summed E-state index contributed by atoms with van der Waals surface area (Å²) in [6.07, 6.45) is 5.72. The number of ether oxygens (including phenoxy) is 1. The zero-order valence-electron chi connectivity index (χ0n) is 43.8. The van der Waals surface area contributed by atoms with E-state index in [1.54, 1.807) is 32.4 Å². The zero-order chi connectivity index (χ0) is 52.7. The minimum absolute atomic E-state index is 0. The number of aliphatic carboxylic acids is 1. The van der Waals surface area contributed by atoms with Crippen LogP contribution in [0.25, 0.3) is 0 Å². The first kappa shape index (κ1) is 63.2. The number of phenols is 1. The van der Waals surface area contributed by atoms with Gasteiger partial charge in [0.15, 0.2) is 5.11 Å². The maximum atomic E-state index is 13.1. The highest BCUT2D eigenvalue weighted by molar-refractivity contribution is 7.80. The Bertz CT molecular complexity index is 2220. The molecule has 1 aliphatic carbocycles. The Morgan fingerprint density at radius 1 is 0.775 bits per heavy atom. The van der Waals surface area contributed by atoms with E-state index in [9.17, 15) is 19.5 Å². The van der Waals surface area contributed by atoms with Crippen molar-refractivity contribution in [1.29, 1.82) is 0 Å². The SMILES string of the molecule is C.CC(C)(C)[C@H](N)C(=O)NCc1ccccc1.COc1cc(C)c(O)c(C=NC2CCCCC2NC(=S)N[C@H](C(=O)NCc2ccccc2)C(C)(C)C)c1.C[C@H](C(=O)O)C(C)(C)C.NCc1ccccc1. The molecule has 2 amide bonds. The number of aliphatic imine (C=N–C) groups is 1. The standard InChI is InChI=1S/C29H40N4O3S.C13H20N2O.C7H9N.C7H14O2.CH4/c1-19-15-22(36-5)16-21(25(19)34)18-30-23-13-9-10-14-24(23)32-28(37)33-26(29(2,3)4)27(35)31-17-20-11-7-6-8-12-20;1-13(2,3)11(14)12(16)15-9-10-7-5-4-6-8-10;8-6-7-4-2-1-3-5-7;1-5(6(8)9)7(2,3)4;/h6-8,11-12,15-16,18,23-24,26,34H,9-10,13-14,17H2,1-5H3,(H,31,35)(H2,32,33,37);4-8,11H,9,14H2,1-3H3,(H,15,16);1-5H,6,8H2;5H,1-4H3,(H,8,9);1H4/t23?,24?,26-;11-;;5-;/m11.1./s1. The molecule has 0 bridgehead atoms. The van der Waals surface area contributed by atoms with E-state index in [4.69, 9.17) is 38.5 Å². The highest BCUT2D eigenvalue weighted by Gasteiger charge is 2.33. The lowest BCUT2D eigenvalue weighted by Gasteiger charge is -2.34. The van der Waals surface area contributed by atoms with Crippen LogP contribution in [0.1, 0.15) is 130 Å². The summed E-state index contributed by atoms with van der Waals surface area (Å²) in [7, 11) is 1.61. The van der Waals surface area contributed by atoms with Crippen LogP contribution < -0.4 is 37.5 Å². The fourth-order valence-electron chi connectivity index (χ4n) is 6.80. The van der Waals surface area contributed by atoms with Crippen molar-refractivity contribution in [2.24, 2.45) is 38.6 Å². The predicted octanol–water partition coefficient (Wildman–Crippen LogP) is 9.85. The molecule has 14 heteroatoms. The van der Waals surface area contributed by atoms with Gasteiger partial charge in [-0.05, 0) is 82.6 Å². The number of carboxylic acid groups (broad SMARTS) is 1. The zero-order valence-corrected chi connectivity index (χ0v) is 44.6. The molecule has 1 saturated carbocycles. The van der Waals surface area contributed by atoms with E-state index in [0.717, 1.165) is 42.4 Å². The fraction of sp³-hybridized carbons (Fsp3) is 0.491. The maximum Gasteiger partial charge on any atom is 0.306 e. The number of nitrogens with one attached hydrogen (secondary N) is 4. The van der Waals surface area contributed by atoms with Crippen LogP contribution in [0.3, 0.4) is 0 Å². The van der Waals surface area contributed by atoms with Crippen molar-refractivity contribution in [3.8, 4) is 11.5 Å².